The van der Waals surface area contributed by atoms with Crippen LogP contribution in [0.4, 0.5) is 0 Å². The van der Waals surface area contributed by atoms with Crippen molar-refractivity contribution in [2.75, 3.05) is 6.61 Å². The molecule has 5 rings (SSSR count). The van der Waals surface area contributed by atoms with Gasteiger partial charge in [0.15, 0.2) is 12.4 Å². The van der Waals surface area contributed by atoms with Gasteiger partial charge in [-0.05, 0) is 86.0 Å². The quantitative estimate of drug-likeness (QED) is 0.370. The molecule has 0 amide bonds. The lowest BCUT2D eigenvalue weighted by Crippen LogP contribution is -3.00. The number of unbranched alkanes of at least 4 members (excludes halogenated alkanes) is 4. The van der Waals surface area contributed by atoms with Crippen molar-refractivity contribution in [2.45, 2.75) is 90.0 Å². The van der Waals surface area contributed by atoms with Crippen LogP contribution in [-0.2, 0) is 17.8 Å². The summed E-state index contributed by atoms with van der Waals surface area (Å²) in [5.41, 5.74) is 3.03. The molecule has 2 fully saturated rings. The molecule has 4 heteroatoms. The topological polar surface area (TPSA) is 30.2 Å². The van der Waals surface area contributed by atoms with Gasteiger partial charge in [0.1, 0.15) is 18.1 Å². The van der Waals surface area contributed by atoms with E-state index in [0.29, 0.717) is 23.5 Å². The average Bonchev–Trinajstić information content (AvgIpc) is 3.15. The molecule has 3 aliphatic rings. The zero-order chi connectivity index (χ0) is 22.7. The van der Waals surface area contributed by atoms with E-state index in [1.165, 1.54) is 44.1 Å². The van der Waals surface area contributed by atoms with E-state index in [-0.39, 0.29) is 22.4 Å². The maximum Gasteiger partial charge on any atom is 0.168 e. The Kier molecular flexibility index (Phi) is 8.50. The third-order valence-electron chi connectivity index (χ3n) is 9.01. The average molecular weight is 527 g/mol. The van der Waals surface area contributed by atoms with Gasteiger partial charge >= 0.3 is 0 Å². The van der Waals surface area contributed by atoms with E-state index in [9.17, 15) is 4.79 Å². The van der Waals surface area contributed by atoms with E-state index in [2.05, 4.69) is 60.3 Å². The van der Waals surface area contributed by atoms with Crippen LogP contribution in [0, 0.1) is 17.3 Å². The van der Waals surface area contributed by atoms with Crippen LogP contribution in [0.5, 0.6) is 5.75 Å². The van der Waals surface area contributed by atoms with Gasteiger partial charge in [0.05, 0.1) is 6.61 Å². The van der Waals surface area contributed by atoms with Crippen LogP contribution in [0.25, 0.3) is 0 Å². The third-order valence-corrected chi connectivity index (χ3v) is 9.01. The lowest BCUT2D eigenvalue weighted by Gasteiger charge is -2.48. The first-order valence-corrected chi connectivity index (χ1v) is 13.4. The van der Waals surface area contributed by atoms with E-state index in [1.807, 2.05) is 0 Å². The largest absolute Gasteiger partial charge is 1.00 e. The van der Waals surface area contributed by atoms with Gasteiger partial charge in [-0.2, -0.15) is 0 Å². The normalized spacial score (nSPS) is 27.3. The number of carbonyl (C=O) groups excluding carboxylic acids is 1. The Balaban J connectivity index is 0.00000274. The Bertz CT molecular complexity index is 962. The minimum atomic E-state index is -0.0257. The predicted molar refractivity (Wildman–Crippen MR) is 131 cm³/mol. The molecule has 0 spiro atoms. The van der Waals surface area contributed by atoms with Crippen molar-refractivity contribution in [1.82, 2.24) is 0 Å². The fraction of sp³-hybridized carbons (Fsp3) is 0.600. The van der Waals surface area contributed by atoms with Gasteiger partial charge in [0, 0.05) is 30.4 Å². The van der Waals surface area contributed by atoms with Gasteiger partial charge in [-0.25, -0.2) is 4.57 Å². The zero-order valence-corrected chi connectivity index (χ0v) is 22.3. The standard InChI is InChI=1S/C30H40NO2.BrH/c1-30-17-16-26-25-13-11-24(22-23(25)10-12-27(26)28(30)14-15-29(30)32)33-21-9-4-2-3-6-18-31-19-7-5-8-20-31;/h5,7-8,11,13,19-20,22,26-28H,2-4,6,9-10,12,14-18,21H2,1H3;1H/q+1;/p-1/t26-,27-,28+,30+;/m1./s1. The van der Waals surface area contributed by atoms with Gasteiger partial charge in [-0.15, -0.1) is 0 Å². The number of fused-ring (bicyclic) bond motifs is 5. The van der Waals surface area contributed by atoms with E-state index >= 15 is 0 Å². The van der Waals surface area contributed by atoms with Crippen molar-refractivity contribution in [3.05, 3.63) is 59.9 Å². The molecule has 0 radical (unpaired) electrons. The van der Waals surface area contributed by atoms with E-state index in [0.717, 1.165) is 51.0 Å². The molecule has 184 valence electrons. The lowest BCUT2D eigenvalue weighted by molar-refractivity contribution is -0.697. The van der Waals surface area contributed by atoms with Crippen molar-refractivity contribution in [1.29, 1.82) is 0 Å². The molecule has 2 aromatic rings. The number of rotatable bonds is 9. The highest BCUT2D eigenvalue weighted by Crippen LogP contribution is 2.59. The number of hydrogen-bond donors (Lipinski definition) is 0. The third kappa shape index (κ3) is 5.27. The first-order valence-electron chi connectivity index (χ1n) is 13.4. The second kappa shape index (κ2) is 11.4. The second-order valence-corrected chi connectivity index (χ2v) is 10.9. The number of halogens is 1. The molecule has 1 aromatic heterocycles. The number of ether oxygens (including phenoxy) is 1. The van der Waals surface area contributed by atoms with Gasteiger partial charge < -0.3 is 21.7 Å². The second-order valence-electron chi connectivity index (χ2n) is 10.9. The predicted octanol–water partition coefficient (Wildman–Crippen LogP) is 3.43. The number of aryl methyl sites for hydroxylation is 2. The molecule has 1 heterocycles. The molecule has 0 N–H and O–H groups in total. The van der Waals surface area contributed by atoms with Crippen molar-refractivity contribution >= 4 is 5.78 Å². The first-order chi connectivity index (χ1) is 16.1. The van der Waals surface area contributed by atoms with E-state index in [1.54, 1.807) is 5.56 Å². The highest BCUT2D eigenvalue weighted by atomic mass is 79.9. The molecular weight excluding hydrogens is 486 g/mol. The number of Topliss-reactive ketones (excluding diaryl/α,β-unsaturated/α-hetero) is 1. The number of benzene rings is 1. The van der Waals surface area contributed by atoms with Gasteiger partial charge in [0.2, 0.25) is 0 Å². The number of ketones is 1. The molecule has 1 aromatic carbocycles. The Labute approximate surface area is 216 Å². The highest BCUT2D eigenvalue weighted by Gasteiger charge is 2.54. The molecule has 3 nitrogen and oxygen atoms in total. The van der Waals surface area contributed by atoms with Crippen LogP contribution in [-0.4, -0.2) is 12.4 Å². The first kappa shape index (κ1) is 25.4. The number of carbonyl (C=O) groups is 1. The Hall–Kier alpha value is -1.68. The summed E-state index contributed by atoms with van der Waals surface area (Å²) >= 11 is 0. The van der Waals surface area contributed by atoms with Crippen molar-refractivity contribution in [2.24, 2.45) is 17.3 Å². The SMILES string of the molecule is C[C@]12CC[C@@H]3c4ccc(OCCCCCCC[n+]5ccccc5)cc4CC[C@H]3[C@@H]1CCC2=O.[Br-]. The van der Waals surface area contributed by atoms with Crippen LogP contribution in [0.15, 0.2) is 48.8 Å². The summed E-state index contributed by atoms with van der Waals surface area (Å²) in [6.45, 7) is 4.20. The number of nitrogens with zero attached hydrogens (tertiary/aromatic N) is 1. The van der Waals surface area contributed by atoms with Crippen LogP contribution < -0.4 is 26.3 Å². The van der Waals surface area contributed by atoms with Crippen LogP contribution in [0.1, 0.15) is 88.2 Å². The number of aromatic nitrogens is 1. The molecule has 0 bridgehead atoms. The monoisotopic (exact) mass is 525 g/mol. The fourth-order valence-electron chi connectivity index (χ4n) is 7.12. The molecule has 4 atom stereocenters. The van der Waals surface area contributed by atoms with Crippen LogP contribution in [0.2, 0.25) is 0 Å². The Morgan fingerprint density at radius 1 is 0.971 bits per heavy atom. The van der Waals surface area contributed by atoms with Gasteiger partial charge in [-0.1, -0.05) is 31.9 Å². The minimum absolute atomic E-state index is 0. The summed E-state index contributed by atoms with van der Waals surface area (Å²) in [7, 11) is 0. The molecule has 0 aliphatic heterocycles. The molecular formula is C30H40BrNO2. The van der Waals surface area contributed by atoms with Crippen molar-refractivity contribution < 1.29 is 31.1 Å². The lowest BCUT2D eigenvalue weighted by atomic mass is 9.55. The number of pyridine rings is 1. The van der Waals surface area contributed by atoms with Crippen molar-refractivity contribution in [3.8, 4) is 5.75 Å². The Morgan fingerprint density at radius 2 is 1.76 bits per heavy atom. The summed E-state index contributed by atoms with van der Waals surface area (Å²) in [6.07, 6.45) is 17.1. The van der Waals surface area contributed by atoms with E-state index < -0.39 is 0 Å². The molecule has 0 unspecified atom stereocenters. The van der Waals surface area contributed by atoms with Crippen LogP contribution in [0.3, 0.4) is 0 Å². The molecule has 2 saturated carbocycles. The van der Waals surface area contributed by atoms with E-state index in [4.69, 9.17) is 4.74 Å². The summed E-state index contributed by atoms with van der Waals surface area (Å²) in [5.74, 6) is 3.55. The van der Waals surface area contributed by atoms with Crippen LogP contribution >= 0.6 is 0 Å². The molecule has 0 saturated heterocycles. The maximum atomic E-state index is 12.5. The molecule has 34 heavy (non-hydrogen) atoms. The highest BCUT2D eigenvalue weighted by molar-refractivity contribution is 5.87. The zero-order valence-electron chi connectivity index (χ0n) is 20.7. The van der Waals surface area contributed by atoms with Gasteiger partial charge in [0.25, 0.3) is 0 Å². The van der Waals surface area contributed by atoms with Crippen molar-refractivity contribution in [3.63, 3.8) is 0 Å². The fourth-order valence-corrected chi connectivity index (χ4v) is 7.12. The van der Waals surface area contributed by atoms with Gasteiger partial charge in [-0.3, -0.25) is 4.79 Å². The summed E-state index contributed by atoms with van der Waals surface area (Å²) in [4.78, 5) is 12.5. The minimum Gasteiger partial charge on any atom is -1.00 e. The maximum absolute atomic E-state index is 12.5. The summed E-state index contributed by atoms with van der Waals surface area (Å²) < 4.78 is 8.40. The summed E-state index contributed by atoms with van der Waals surface area (Å²) in [6, 6.07) is 13.1. The molecule has 3 aliphatic carbocycles. The number of hydrogen-bond acceptors (Lipinski definition) is 2. The summed E-state index contributed by atoms with van der Waals surface area (Å²) in [5, 5.41) is 0. The smallest absolute Gasteiger partial charge is 0.168 e. The Morgan fingerprint density at radius 3 is 2.62 bits per heavy atom.